The predicted molar refractivity (Wildman–Crippen MR) is 104 cm³/mol. The second-order valence-corrected chi connectivity index (χ2v) is 6.83. The summed E-state index contributed by atoms with van der Waals surface area (Å²) in [6.07, 6.45) is 3.63. The lowest BCUT2D eigenvalue weighted by molar-refractivity contribution is -0.385. The third kappa shape index (κ3) is 4.22. The van der Waals surface area contributed by atoms with Crippen LogP contribution >= 0.6 is 0 Å². The molecule has 0 unspecified atom stereocenters. The van der Waals surface area contributed by atoms with Gasteiger partial charge in [-0.3, -0.25) is 14.9 Å². The number of aromatic nitrogens is 1. The van der Waals surface area contributed by atoms with Crippen LogP contribution in [-0.4, -0.2) is 22.7 Å². The fourth-order valence-corrected chi connectivity index (χ4v) is 3.49. The molecule has 2 heterocycles. The minimum Gasteiger partial charge on any atom is -0.467 e. The Morgan fingerprint density at radius 2 is 2.10 bits per heavy atom. The monoisotopic (exact) mass is 396 g/mol. The number of fused-ring (bicyclic) bond motifs is 2. The molecule has 0 fully saturated rings. The van der Waals surface area contributed by atoms with E-state index < -0.39 is 4.92 Å². The largest absolute Gasteiger partial charge is 0.467 e. The van der Waals surface area contributed by atoms with Crippen LogP contribution in [0, 0.1) is 10.1 Å². The molecule has 0 aliphatic carbocycles. The second kappa shape index (κ2) is 8.32. The number of rotatable bonds is 7. The number of esters is 1. The van der Waals surface area contributed by atoms with Crippen molar-refractivity contribution in [2.45, 2.75) is 32.5 Å². The van der Waals surface area contributed by atoms with Gasteiger partial charge in [0.05, 0.1) is 11.5 Å². The Morgan fingerprint density at radius 1 is 1.24 bits per heavy atom. The van der Waals surface area contributed by atoms with E-state index in [0.29, 0.717) is 23.3 Å². The first kappa shape index (κ1) is 18.9. The van der Waals surface area contributed by atoms with Crippen LogP contribution in [0.5, 0.6) is 5.75 Å². The number of aromatic amines is 1. The van der Waals surface area contributed by atoms with E-state index in [4.69, 9.17) is 14.2 Å². The number of aryl methyl sites for hydroxylation is 1. The summed E-state index contributed by atoms with van der Waals surface area (Å²) in [7, 11) is 0. The lowest BCUT2D eigenvalue weighted by Crippen LogP contribution is -2.15. The molecule has 0 radical (unpaired) electrons. The van der Waals surface area contributed by atoms with Gasteiger partial charge in [0.2, 0.25) is 0 Å². The van der Waals surface area contributed by atoms with E-state index in [1.807, 2.05) is 24.4 Å². The molecule has 0 atom stereocenters. The Kier molecular flexibility index (Phi) is 5.44. The highest BCUT2D eigenvalue weighted by Crippen LogP contribution is 2.33. The predicted octanol–water partition coefficient (Wildman–Crippen LogP) is 4.01. The molecular weight excluding hydrogens is 376 g/mol. The number of hydrogen-bond acceptors (Lipinski definition) is 6. The number of nitro groups is 1. The molecule has 4 rings (SSSR count). The highest BCUT2D eigenvalue weighted by molar-refractivity contribution is 5.83. The SMILES string of the molecule is O=C(CCCc1c[nH]c2ccccc12)OCc1cc([N+](=O)[O-])cc2c1OCOC2. The van der Waals surface area contributed by atoms with Gasteiger partial charge in [0, 0.05) is 46.8 Å². The number of benzene rings is 2. The number of carbonyl (C=O) groups is 1. The first-order chi connectivity index (χ1) is 14.1. The maximum absolute atomic E-state index is 12.2. The van der Waals surface area contributed by atoms with Crippen LogP contribution in [0.4, 0.5) is 5.69 Å². The van der Waals surface area contributed by atoms with E-state index in [9.17, 15) is 14.9 Å². The molecule has 1 aliphatic rings. The van der Waals surface area contributed by atoms with Gasteiger partial charge in [-0.1, -0.05) is 18.2 Å². The summed E-state index contributed by atoms with van der Waals surface area (Å²) in [5.74, 6) is 0.144. The van der Waals surface area contributed by atoms with Gasteiger partial charge in [-0.2, -0.15) is 0 Å². The van der Waals surface area contributed by atoms with E-state index in [0.717, 1.165) is 22.9 Å². The Hall–Kier alpha value is -3.39. The van der Waals surface area contributed by atoms with Crippen LogP contribution in [-0.2, 0) is 33.9 Å². The molecule has 3 aromatic rings. The Balaban J connectivity index is 1.35. The van der Waals surface area contributed by atoms with Crippen molar-refractivity contribution in [1.29, 1.82) is 0 Å². The van der Waals surface area contributed by atoms with Crippen molar-refractivity contribution in [1.82, 2.24) is 4.98 Å². The summed E-state index contributed by atoms with van der Waals surface area (Å²) in [5.41, 5.74) is 3.21. The summed E-state index contributed by atoms with van der Waals surface area (Å²) in [6.45, 7) is 0.217. The van der Waals surface area contributed by atoms with E-state index in [-0.39, 0.29) is 38.1 Å². The first-order valence-electron chi connectivity index (χ1n) is 9.33. The summed E-state index contributed by atoms with van der Waals surface area (Å²) in [4.78, 5) is 26.0. The molecule has 0 amide bonds. The number of nitrogens with zero attached hydrogens (tertiary/aromatic N) is 1. The quantitative estimate of drug-likeness (QED) is 0.368. The molecular formula is C21H20N2O6. The van der Waals surface area contributed by atoms with Gasteiger partial charge >= 0.3 is 5.97 Å². The molecule has 0 saturated heterocycles. The zero-order chi connectivity index (χ0) is 20.2. The minimum absolute atomic E-state index is 0.0659. The lowest BCUT2D eigenvalue weighted by atomic mass is 10.1. The Bertz CT molecular complexity index is 1060. The summed E-state index contributed by atoms with van der Waals surface area (Å²) in [6, 6.07) is 10.8. The molecule has 0 bridgehead atoms. The minimum atomic E-state index is -0.485. The number of carbonyl (C=O) groups excluding carboxylic acids is 1. The van der Waals surface area contributed by atoms with Crippen molar-refractivity contribution in [2.75, 3.05) is 6.79 Å². The number of hydrogen-bond donors (Lipinski definition) is 1. The van der Waals surface area contributed by atoms with Crippen LogP contribution < -0.4 is 4.74 Å². The molecule has 0 spiro atoms. The zero-order valence-electron chi connectivity index (χ0n) is 15.7. The van der Waals surface area contributed by atoms with Gasteiger partial charge < -0.3 is 19.2 Å². The van der Waals surface area contributed by atoms with Crippen LogP contribution in [0.25, 0.3) is 10.9 Å². The first-order valence-corrected chi connectivity index (χ1v) is 9.33. The highest BCUT2D eigenvalue weighted by atomic mass is 16.7. The van der Waals surface area contributed by atoms with Gasteiger partial charge in [0.25, 0.3) is 5.69 Å². The molecule has 1 aliphatic heterocycles. The molecule has 2 aromatic carbocycles. The standard InChI is InChI=1S/C21H20N2O6/c24-20(7-3-4-14-10-22-19-6-2-1-5-18(14)19)28-12-16-9-17(23(25)26)8-15-11-27-13-29-21(15)16/h1-2,5-6,8-10,22H,3-4,7,11-13H2. The molecule has 1 N–H and O–H groups in total. The van der Waals surface area contributed by atoms with Gasteiger partial charge in [-0.25, -0.2) is 0 Å². The summed E-state index contributed by atoms with van der Waals surface area (Å²) >= 11 is 0. The van der Waals surface area contributed by atoms with Crippen molar-refractivity contribution in [3.63, 3.8) is 0 Å². The molecule has 8 nitrogen and oxygen atoms in total. The van der Waals surface area contributed by atoms with Gasteiger partial charge in [-0.15, -0.1) is 0 Å². The van der Waals surface area contributed by atoms with Gasteiger partial charge in [0.1, 0.15) is 12.4 Å². The van der Waals surface area contributed by atoms with Crippen LogP contribution in [0.15, 0.2) is 42.6 Å². The van der Waals surface area contributed by atoms with Crippen LogP contribution in [0.1, 0.15) is 29.5 Å². The van der Waals surface area contributed by atoms with Gasteiger partial charge in [0.15, 0.2) is 6.79 Å². The van der Waals surface area contributed by atoms with E-state index in [1.54, 1.807) is 0 Å². The van der Waals surface area contributed by atoms with E-state index in [2.05, 4.69) is 11.1 Å². The normalized spacial score (nSPS) is 13.0. The number of nitrogens with one attached hydrogen (secondary N) is 1. The molecule has 8 heteroatoms. The zero-order valence-corrected chi connectivity index (χ0v) is 15.7. The van der Waals surface area contributed by atoms with Crippen molar-refractivity contribution >= 4 is 22.6 Å². The third-order valence-corrected chi connectivity index (χ3v) is 4.87. The Labute approximate surface area is 166 Å². The fourth-order valence-electron chi connectivity index (χ4n) is 3.49. The van der Waals surface area contributed by atoms with E-state index >= 15 is 0 Å². The summed E-state index contributed by atoms with van der Waals surface area (Å²) < 4.78 is 16.0. The molecule has 1 aromatic heterocycles. The van der Waals surface area contributed by atoms with Crippen LogP contribution in [0.3, 0.4) is 0 Å². The number of nitro benzene ring substituents is 1. The molecule has 0 saturated carbocycles. The van der Waals surface area contributed by atoms with Gasteiger partial charge in [-0.05, 0) is 24.5 Å². The Morgan fingerprint density at radius 3 is 2.97 bits per heavy atom. The number of para-hydroxylation sites is 1. The van der Waals surface area contributed by atoms with Crippen molar-refractivity contribution in [3.8, 4) is 5.75 Å². The molecule has 29 heavy (non-hydrogen) atoms. The smallest absolute Gasteiger partial charge is 0.306 e. The number of ether oxygens (including phenoxy) is 3. The summed E-state index contributed by atoms with van der Waals surface area (Å²) in [5, 5.41) is 12.3. The second-order valence-electron chi connectivity index (χ2n) is 6.83. The maximum atomic E-state index is 12.2. The lowest BCUT2D eigenvalue weighted by Gasteiger charge is -2.20. The maximum Gasteiger partial charge on any atom is 0.306 e. The number of H-pyrrole nitrogens is 1. The van der Waals surface area contributed by atoms with Crippen molar-refractivity contribution in [2.24, 2.45) is 0 Å². The van der Waals surface area contributed by atoms with E-state index in [1.165, 1.54) is 12.1 Å². The fraction of sp³-hybridized carbons (Fsp3) is 0.286. The average molecular weight is 396 g/mol. The third-order valence-electron chi connectivity index (χ3n) is 4.87. The average Bonchev–Trinajstić information content (AvgIpc) is 3.15. The van der Waals surface area contributed by atoms with Crippen molar-refractivity contribution in [3.05, 3.63) is 69.4 Å². The number of non-ortho nitro benzene ring substituents is 1. The van der Waals surface area contributed by atoms with Crippen LogP contribution in [0.2, 0.25) is 0 Å². The highest BCUT2D eigenvalue weighted by Gasteiger charge is 2.21. The molecule has 150 valence electrons. The topological polar surface area (TPSA) is 104 Å². The van der Waals surface area contributed by atoms with Crippen molar-refractivity contribution < 1.29 is 23.9 Å².